The number of pyridine rings is 1. The van der Waals surface area contributed by atoms with Gasteiger partial charge in [0.05, 0.1) is 9.90 Å². The molecule has 0 spiro atoms. The Balaban J connectivity index is 1.25. The van der Waals surface area contributed by atoms with Gasteiger partial charge in [-0.25, -0.2) is 4.72 Å². The van der Waals surface area contributed by atoms with Crippen LogP contribution in [0.4, 0.5) is 5.69 Å². The first-order valence-electron chi connectivity index (χ1n) is 10.8. The third-order valence-electron chi connectivity index (χ3n) is 5.90. The van der Waals surface area contributed by atoms with E-state index in [1.165, 1.54) is 11.9 Å². The van der Waals surface area contributed by atoms with Gasteiger partial charge in [-0.3, -0.25) is 9.78 Å². The molecule has 1 fully saturated rings. The van der Waals surface area contributed by atoms with Crippen molar-refractivity contribution >= 4 is 46.5 Å². The predicted molar refractivity (Wildman–Crippen MR) is 139 cm³/mol. The molecule has 1 aliphatic rings. The number of hydrogen-bond donors (Lipinski definition) is 3. The number of aromatic nitrogens is 1. The quantitative estimate of drug-likeness (QED) is 0.219. The van der Waals surface area contributed by atoms with E-state index in [9.17, 15) is 9.90 Å². The van der Waals surface area contributed by atoms with Crippen LogP contribution < -0.4 is 10.0 Å². The Labute approximate surface area is 211 Å². The fourth-order valence-corrected chi connectivity index (χ4v) is 6.10. The van der Waals surface area contributed by atoms with Crippen LogP contribution in [0.2, 0.25) is 5.02 Å². The van der Waals surface area contributed by atoms with Crippen molar-refractivity contribution in [3.63, 3.8) is 0 Å². The molecule has 4 aromatic rings. The summed E-state index contributed by atoms with van der Waals surface area (Å²) in [4.78, 5) is 17.5. The average molecular weight is 508 g/mol. The number of carbonyl (C=O) groups is 1. The second-order valence-electron chi connectivity index (χ2n) is 8.20. The number of anilines is 1. The van der Waals surface area contributed by atoms with Gasteiger partial charge < -0.3 is 10.4 Å². The second kappa shape index (κ2) is 9.80. The van der Waals surface area contributed by atoms with Crippen molar-refractivity contribution in [2.24, 2.45) is 0 Å². The fraction of sp³-hybridized carbons (Fsp3) is 0.154. The molecule has 3 N–H and O–H groups in total. The summed E-state index contributed by atoms with van der Waals surface area (Å²) in [5, 5.41) is 14.1. The van der Waals surface area contributed by atoms with Crippen molar-refractivity contribution < 1.29 is 9.90 Å². The summed E-state index contributed by atoms with van der Waals surface area (Å²) >= 11 is 9.00. The van der Waals surface area contributed by atoms with E-state index in [4.69, 9.17) is 11.6 Å². The van der Waals surface area contributed by atoms with E-state index >= 15 is 0 Å². The standard InChI is InChI=1S/C26H22ClN3O2S2/c27-20-8-6-18(7-9-20)23-10-11-24(33-23)34-30-26(25(31)32)14-22(26)19-4-1-3-17(13-19)15-29-21-5-2-12-28-16-21/h1-13,16,22,29-30H,14-15H2,(H,31,32). The van der Waals surface area contributed by atoms with E-state index in [0.717, 1.165) is 31.5 Å². The number of nitrogens with one attached hydrogen (secondary N) is 2. The summed E-state index contributed by atoms with van der Waals surface area (Å²) in [5.41, 5.74) is 3.21. The lowest BCUT2D eigenvalue weighted by Crippen LogP contribution is -2.36. The normalized spacial score (nSPS) is 19.0. The number of thiophene rings is 1. The molecule has 0 saturated heterocycles. The molecule has 0 radical (unpaired) electrons. The molecular formula is C26H22ClN3O2S2. The maximum atomic E-state index is 12.2. The number of halogens is 1. The third-order valence-corrected chi connectivity index (χ3v) is 8.38. The molecule has 0 amide bonds. The molecule has 5 rings (SSSR count). The number of rotatable bonds is 9. The molecule has 2 aromatic heterocycles. The van der Waals surface area contributed by atoms with Gasteiger partial charge in [-0.2, -0.15) is 0 Å². The van der Waals surface area contributed by atoms with Crippen LogP contribution >= 0.6 is 34.9 Å². The Morgan fingerprint density at radius 3 is 2.76 bits per heavy atom. The van der Waals surface area contributed by atoms with Crippen LogP contribution in [0.3, 0.4) is 0 Å². The zero-order chi connectivity index (χ0) is 23.5. The molecule has 0 aliphatic heterocycles. The Morgan fingerprint density at radius 1 is 1.15 bits per heavy atom. The molecule has 2 unspecified atom stereocenters. The van der Waals surface area contributed by atoms with Gasteiger partial charge in [-0.1, -0.05) is 48.0 Å². The lowest BCUT2D eigenvalue weighted by Gasteiger charge is -2.14. The van der Waals surface area contributed by atoms with Crippen molar-refractivity contribution in [1.29, 1.82) is 0 Å². The van der Waals surface area contributed by atoms with Crippen molar-refractivity contribution in [3.05, 3.63) is 101 Å². The Bertz CT molecular complexity index is 1300. The van der Waals surface area contributed by atoms with Crippen molar-refractivity contribution in [2.75, 3.05) is 5.32 Å². The topological polar surface area (TPSA) is 74.2 Å². The van der Waals surface area contributed by atoms with Crippen LogP contribution in [-0.4, -0.2) is 21.6 Å². The maximum Gasteiger partial charge on any atom is 0.325 e. The van der Waals surface area contributed by atoms with Crippen molar-refractivity contribution in [2.45, 2.75) is 28.6 Å². The number of hydrogen-bond acceptors (Lipinski definition) is 6. The molecule has 34 heavy (non-hydrogen) atoms. The number of aliphatic carboxylic acids is 1. The van der Waals surface area contributed by atoms with Crippen LogP contribution in [0.15, 0.2) is 89.4 Å². The molecule has 2 aromatic carbocycles. The number of nitrogens with zero attached hydrogens (tertiary/aromatic N) is 1. The SMILES string of the molecule is O=C(O)C1(NSc2ccc(-c3ccc(Cl)cc3)s2)CC1c1cccc(CNc2cccnc2)c1. The van der Waals surface area contributed by atoms with E-state index in [1.807, 2.05) is 60.7 Å². The molecular weight excluding hydrogens is 486 g/mol. The largest absolute Gasteiger partial charge is 0.480 e. The van der Waals surface area contributed by atoms with Crippen LogP contribution in [0.5, 0.6) is 0 Å². The van der Waals surface area contributed by atoms with Gasteiger partial charge in [0.2, 0.25) is 0 Å². The molecule has 8 heteroatoms. The van der Waals surface area contributed by atoms with Crippen LogP contribution in [0, 0.1) is 0 Å². The molecule has 172 valence electrons. The van der Waals surface area contributed by atoms with Crippen LogP contribution in [-0.2, 0) is 11.3 Å². The highest BCUT2D eigenvalue weighted by molar-refractivity contribution is 7.99. The smallest absolute Gasteiger partial charge is 0.325 e. The van der Waals surface area contributed by atoms with E-state index in [2.05, 4.69) is 27.2 Å². The lowest BCUT2D eigenvalue weighted by molar-refractivity contribution is -0.140. The number of benzene rings is 2. The predicted octanol–water partition coefficient (Wildman–Crippen LogP) is 6.68. The van der Waals surface area contributed by atoms with Crippen LogP contribution in [0.25, 0.3) is 10.4 Å². The Kier molecular flexibility index (Phi) is 6.61. The molecule has 5 nitrogen and oxygen atoms in total. The summed E-state index contributed by atoms with van der Waals surface area (Å²) in [6.45, 7) is 0.650. The van der Waals surface area contributed by atoms with Gasteiger partial charge in [0.25, 0.3) is 0 Å². The second-order valence-corrected chi connectivity index (χ2v) is 10.8. The minimum atomic E-state index is -0.968. The van der Waals surface area contributed by atoms with Gasteiger partial charge in [-0.05, 0) is 71.5 Å². The van der Waals surface area contributed by atoms with E-state index in [0.29, 0.717) is 18.0 Å². The highest BCUT2D eigenvalue weighted by Gasteiger charge is 2.61. The van der Waals surface area contributed by atoms with Crippen LogP contribution in [0.1, 0.15) is 23.5 Å². The Hall–Kier alpha value is -2.84. The fourth-order valence-electron chi connectivity index (χ4n) is 3.94. The third kappa shape index (κ3) is 4.98. The van der Waals surface area contributed by atoms with E-state index < -0.39 is 11.5 Å². The Morgan fingerprint density at radius 2 is 2.00 bits per heavy atom. The summed E-state index contributed by atoms with van der Waals surface area (Å²) < 4.78 is 4.29. The number of carboxylic acid groups (broad SMARTS) is 1. The highest BCUT2D eigenvalue weighted by atomic mass is 35.5. The molecule has 1 aliphatic carbocycles. The van der Waals surface area contributed by atoms with Gasteiger partial charge >= 0.3 is 5.97 Å². The zero-order valence-corrected chi connectivity index (χ0v) is 20.5. The first-order valence-corrected chi connectivity index (χ1v) is 12.8. The first-order chi connectivity index (χ1) is 16.5. The number of carboxylic acids is 1. The minimum absolute atomic E-state index is 0.0773. The summed E-state index contributed by atoms with van der Waals surface area (Å²) in [5.74, 6) is -0.898. The summed E-state index contributed by atoms with van der Waals surface area (Å²) in [7, 11) is 0. The molecule has 1 saturated carbocycles. The van der Waals surface area contributed by atoms with Crippen molar-refractivity contribution in [3.8, 4) is 10.4 Å². The van der Waals surface area contributed by atoms with Gasteiger partial charge in [0.15, 0.2) is 0 Å². The van der Waals surface area contributed by atoms with E-state index in [1.54, 1.807) is 23.7 Å². The van der Waals surface area contributed by atoms with Gasteiger partial charge in [-0.15, -0.1) is 11.3 Å². The minimum Gasteiger partial charge on any atom is -0.480 e. The van der Waals surface area contributed by atoms with E-state index in [-0.39, 0.29) is 5.92 Å². The van der Waals surface area contributed by atoms with Crippen molar-refractivity contribution in [1.82, 2.24) is 9.71 Å². The highest BCUT2D eigenvalue weighted by Crippen LogP contribution is 2.53. The lowest BCUT2D eigenvalue weighted by atomic mass is 10.0. The molecule has 2 heterocycles. The van der Waals surface area contributed by atoms with Gasteiger partial charge in [0.1, 0.15) is 5.54 Å². The maximum absolute atomic E-state index is 12.2. The molecule has 2 atom stereocenters. The summed E-state index contributed by atoms with van der Waals surface area (Å²) in [6, 6.07) is 23.8. The molecule has 0 bridgehead atoms. The zero-order valence-electron chi connectivity index (χ0n) is 18.1. The average Bonchev–Trinajstić information content (AvgIpc) is 3.43. The van der Waals surface area contributed by atoms with Gasteiger partial charge in [0, 0.05) is 34.8 Å². The monoisotopic (exact) mass is 507 g/mol. The first kappa shape index (κ1) is 22.9. The summed E-state index contributed by atoms with van der Waals surface area (Å²) in [6.07, 6.45) is 4.08.